The third-order valence-corrected chi connectivity index (χ3v) is 20.0. The van der Waals surface area contributed by atoms with E-state index in [1.807, 2.05) is 6.92 Å². The van der Waals surface area contributed by atoms with Crippen LogP contribution < -0.4 is 0 Å². The van der Waals surface area contributed by atoms with Crippen molar-refractivity contribution >= 4 is 17.9 Å². The van der Waals surface area contributed by atoms with Gasteiger partial charge in [-0.2, -0.15) is 0 Å². The van der Waals surface area contributed by atoms with Crippen molar-refractivity contribution < 1.29 is 133 Å². The van der Waals surface area contributed by atoms with E-state index in [9.17, 15) is 85.9 Å². The highest BCUT2D eigenvalue weighted by atomic mass is 16.8. The van der Waals surface area contributed by atoms with Gasteiger partial charge in [0.25, 0.3) is 0 Å². The van der Waals surface area contributed by atoms with Gasteiger partial charge in [0.1, 0.15) is 104 Å². The summed E-state index contributed by atoms with van der Waals surface area (Å²) in [5, 5.41) is 150. The minimum absolute atomic E-state index is 0.0349. The van der Waals surface area contributed by atoms with Crippen molar-refractivity contribution in [1.82, 2.24) is 0 Å². The summed E-state index contributed by atoms with van der Waals surface area (Å²) in [7, 11) is 0. The summed E-state index contributed by atoms with van der Waals surface area (Å²) in [4.78, 5) is 38.9. The third kappa shape index (κ3) is 13.0. The van der Waals surface area contributed by atoms with Crippen molar-refractivity contribution in [3.05, 3.63) is 22.8 Å². The fourth-order valence-corrected chi connectivity index (χ4v) is 15.0. The third-order valence-electron chi connectivity index (χ3n) is 20.0. The van der Waals surface area contributed by atoms with E-state index in [4.69, 9.17) is 47.4 Å². The Kier molecular flexibility index (Phi) is 21.3. The molecule has 8 aliphatic rings. The molecule has 14 N–H and O–H groups in total. The normalized spacial score (nSPS) is 47.4. The second kappa shape index (κ2) is 26.8. The van der Waals surface area contributed by atoms with Crippen LogP contribution in [0.1, 0.15) is 99.8 Å². The fraction of sp³-hybridized carbons (Fsp3) is 0.875. The van der Waals surface area contributed by atoms with Crippen molar-refractivity contribution in [2.75, 3.05) is 26.4 Å². The first-order chi connectivity index (χ1) is 39.1. The molecule has 0 amide bonds. The van der Waals surface area contributed by atoms with E-state index in [1.165, 1.54) is 13.8 Å². The number of aliphatic hydroxyl groups excluding tert-OH is 14. The number of rotatable bonds is 18. The van der Waals surface area contributed by atoms with Gasteiger partial charge in [0, 0.05) is 37.7 Å². The van der Waals surface area contributed by atoms with Gasteiger partial charge in [0.2, 0.25) is 6.29 Å². The standard InChI is InChI=1S/C56H88O27/c1-21(22(2)50(73)83-54-49(43(68)40(65)36(80-54)20-74-24(4)60)82-53-47(72)44(69)48(35(19-59)79-53)81-52-46(71)42(67)39(64)34(18-58)78-52)14-32(75-25(5)61)23(3)29-10-11-30-28-9-8-26-15-27(76-51-45(70)41(66)38(63)33(17-57)77-51)16-37(62)56(26,7)31(28)12-13-55(29,30)6/h8,23,27-49,51-54,57-59,62-72H,9-20H2,1-7H3. The monoisotopic (exact) mass is 1190 g/mol. The van der Waals surface area contributed by atoms with Crippen molar-refractivity contribution in [3.8, 4) is 0 Å². The van der Waals surface area contributed by atoms with Gasteiger partial charge >= 0.3 is 17.9 Å². The largest absolute Gasteiger partial charge is 0.463 e. The van der Waals surface area contributed by atoms with Crippen molar-refractivity contribution in [2.24, 2.45) is 40.4 Å². The Morgan fingerprint density at radius 2 is 1.14 bits per heavy atom. The zero-order chi connectivity index (χ0) is 60.9. The van der Waals surface area contributed by atoms with Crippen LogP contribution in [0.25, 0.3) is 0 Å². The molecular weight excluding hydrogens is 1100 g/mol. The van der Waals surface area contributed by atoms with Gasteiger partial charge in [-0.15, -0.1) is 0 Å². The molecule has 0 bridgehead atoms. The lowest BCUT2D eigenvalue weighted by molar-refractivity contribution is -0.381. The van der Waals surface area contributed by atoms with Gasteiger partial charge in [0.05, 0.1) is 32.0 Å². The van der Waals surface area contributed by atoms with Gasteiger partial charge in [-0.25, -0.2) is 4.79 Å². The highest BCUT2D eigenvalue weighted by Crippen LogP contribution is 2.67. The van der Waals surface area contributed by atoms with Crippen molar-refractivity contribution in [1.29, 1.82) is 0 Å². The van der Waals surface area contributed by atoms with E-state index < -0.39 is 191 Å². The van der Waals surface area contributed by atoms with Crippen LogP contribution in [0.2, 0.25) is 0 Å². The maximum Gasteiger partial charge on any atom is 0.336 e. The lowest BCUT2D eigenvalue weighted by Gasteiger charge is -2.60. The molecule has 8 rings (SSSR count). The molecule has 27 heteroatoms. The van der Waals surface area contributed by atoms with Gasteiger partial charge in [0.15, 0.2) is 25.0 Å². The first-order valence-electron chi connectivity index (χ1n) is 28.9. The molecule has 7 fully saturated rings. The van der Waals surface area contributed by atoms with E-state index in [0.29, 0.717) is 12.0 Å². The van der Waals surface area contributed by atoms with Crippen LogP contribution in [0, 0.1) is 40.4 Å². The number of carbonyl (C=O) groups is 3. The molecule has 0 aromatic rings. The molecule has 30 unspecified atom stereocenters. The first-order valence-corrected chi connectivity index (χ1v) is 28.9. The number of allylic oxidation sites excluding steroid dienone is 1. The Hall–Kier alpha value is -2.95. The maximum atomic E-state index is 14.3. The van der Waals surface area contributed by atoms with Gasteiger partial charge in [-0.05, 0) is 87.4 Å². The highest BCUT2D eigenvalue weighted by Gasteiger charge is 2.63. The van der Waals surface area contributed by atoms with Crippen molar-refractivity contribution in [2.45, 2.75) is 241 Å². The Labute approximate surface area is 480 Å². The SMILES string of the molecule is CC(=O)OCC1OC(OC(=O)C(C)=C(C)CC(OC(C)=O)C(C)C2CCC3C4CC=C5CC(OC6OC(CO)C(O)C(O)C6O)CC(O)C5(C)C4CCC23C)C(OC2OC(CO)C(OC3OC(CO)C(O)C(O)C3O)C(O)C2O)C(O)C1O. The quantitative estimate of drug-likeness (QED) is 0.0275. The molecule has 0 aromatic carbocycles. The van der Waals surface area contributed by atoms with E-state index in [1.54, 1.807) is 6.92 Å². The van der Waals surface area contributed by atoms with Gasteiger partial charge < -0.3 is 119 Å². The predicted octanol–water partition coefficient (Wildman–Crippen LogP) is -3.42. The van der Waals surface area contributed by atoms with E-state index >= 15 is 0 Å². The van der Waals surface area contributed by atoms with Gasteiger partial charge in [-0.1, -0.05) is 38.0 Å². The van der Waals surface area contributed by atoms with Gasteiger partial charge in [-0.3, -0.25) is 9.59 Å². The molecule has 3 saturated carbocycles. The Morgan fingerprint density at radius 1 is 0.614 bits per heavy atom. The summed E-state index contributed by atoms with van der Waals surface area (Å²) in [6.45, 7) is 8.99. The Bertz CT molecular complexity index is 2300. The van der Waals surface area contributed by atoms with Crippen molar-refractivity contribution in [3.63, 3.8) is 0 Å². The minimum Gasteiger partial charge on any atom is -0.463 e. The number of aliphatic hydroxyl groups is 14. The topological polar surface area (TPSA) is 427 Å². The second-order valence-electron chi connectivity index (χ2n) is 24.7. The number of ether oxygens (including phenoxy) is 10. The summed E-state index contributed by atoms with van der Waals surface area (Å²) in [5.41, 5.74) is 0.748. The average molecular weight is 1190 g/mol. The lowest BCUT2D eigenvalue weighted by Crippen LogP contribution is -2.66. The number of esters is 3. The smallest absolute Gasteiger partial charge is 0.336 e. The van der Waals surface area contributed by atoms with Crippen LogP contribution in [0.15, 0.2) is 22.8 Å². The Morgan fingerprint density at radius 3 is 1.72 bits per heavy atom. The molecule has 4 aliphatic carbocycles. The molecule has 474 valence electrons. The second-order valence-corrected chi connectivity index (χ2v) is 24.7. The van der Waals surface area contributed by atoms with Crippen LogP contribution in [0.5, 0.6) is 0 Å². The molecular formula is C56H88O27. The molecule has 83 heavy (non-hydrogen) atoms. The predicted molar refractivity (Wildman–Crippen MR) is 278 cm³/mol. The minimum atomic E-state index is -2.11. The Balaban J connectivity index is 0.949. The molecule has 4 aliphatic heterocycles. The average Bonchev–Trinajstić information content (AvgIpc) is 1.88. The summed E-state index contributed by atoms with van der Waals surface area (Å²) in [5.74, 6) is -1.89. The fourth-order valence-electron chi connectivity index (χ4n) is 15.0. The summed E-state index contributed by atoms with van der Waals surface area (Å²) in [6, 6.07) is 0. The summed E-state index contributed by atoms with van der Waals surface area (Å²) < 4.78 is 57.3. The highest BCUT2D eigenvalue weighted by molar-refractivity contribution is 5.88. The molecule has 0 spiro atoms. The number of hydrogen-bond acceptors (Lipinski definition) is 27. The first kappa shape index (κ1) is 66.0. The zero-order valence-corrected chi connectivity index (χ0v) is 47.8. The number of fused-ring (bicyclic) bond motifs is 5. The summed E-state index contributed by atoms with van der Waals surface area (Å²) in [6.07, 6.45) is -29.8. The molecule has 30 atom stereocenters. The van der Waals surface area contributed by atoms with Crippen LogP contribution in [0.4, 0.5) is 0 Å². The van der Waals surface area contributed by atoms with E-state index in [0.717, 1.165) is 44.6 Å². The number of carbonyl (C=O) groups excluding carboxylic acids is 3. The van der Waals surface area contributed by atoms with Crippen LogP contribution >= 0.6 is 0 Å². The van der Waals surface area contributed by atoms with Crippen LogP contribution in [-0.2, 0) is 61.8 Å². The molecule has 0 radical (unpaired) electrons. The maximum absolute atomic E-state index is 14.3. The van der Waals surface area contributed by atoms with Crippen LogP contribution in [-0.4, -0.2) is 257 Å². The molecule has 4 saturated heterocycles. The lowest BCUT2D eigenvalue weighted by atomic mass is 9.46. The van der Waals surface area contributed by atoms with E-state index in [-0.39, 0.29) is 53.4 Å². The summed E-state index contributed by atoms with van der Waals surface area (Å²) >= 11 is 0. The van der Waals surface area contributed by atoms with Crippen LogP contribution in [0.3, 0.4) is 0 Å². The van der Waals surface area contributed by atoms with E-state index in [2.05, 4.69) is 19.9 Å². The molecule has 27 nitrogen and oxygen atoms in total. The zero-order valence-electron chi connectivity index (χ0n) is 47.8. The molecule has 4 heterocycles. The number of hydrogen-bond donors (Lipinski definition) is 14. The molecule has 0 aromatic heterocycles.